The monoisotopic (exact) mass is 590 g/mol. The molecule has 218 valence electrons. The Kier molecular flexibility index (Phi) is 7.14. The predicted molar refractivity (Wildman–Crippen MR) is 143 cm³/mol. The lowest BCUT2D eigenvalue weighted by Crippen LogP contribution is -2.45. The zero-order chi connectivity index (χ0) is 30.0. The summed E-state index contributed by atoms with van der Waals surface area (Å²) in [5, 5.41) is 14.4. The Balaban J connectivity index is 1.45. The van der Waals surface area contributed by atoms with Crippen LogP contribution >= 0.6 is 11.6 Å². The fourth-order valence-corrected chi connectivity index (χ4v) is 5.59. The number of hydrogen-bond donors (Lipinski definition) is 1. The van der Waals surface area contributed by atoms with E-state index in [9.17, 15) is 27.9 Å². The maximum Gasteiger partial charge on any atom is 0.417 e. The molecule has 0 fully saturated rings. The quantitative estimate of drug-likeness (QED) is 0.462. The van der Waals surface area contributed by atoms with Gasteiger partial charge in [-0.15, -0.1) is 0 Å². The van der Waals surface area contributed by atoms with Crippen molar-refractivity contribution < 1.29 is 27.9 Å². The Bertz CT molecular complexity index is 1520. The van der Waals surface area contributed by atoms with Crippen molar-refractivity contribution in [3.05, 3.63) is 75.1 Å². The highest BCUT2D eigenvalue weighted by molar-refractivity contribution is 6.31. The van der Waals surface area contributed by atoms with Crippen LogP contribution in [0, 0.1) is 0 Å². The van der Waals surface area contributed by atoms with Gasteiger partial charge in [-0.25, -0.2) is 0 Å². The summed E-state index contributed by atoms with van der Waals surface area (Å²) >= 11 is 5.75. The molecule has 13 heteroatoms. The zero-order valence-electron chi connectivity index (χ0n) is 23.2. The van der Waals surface area contributed by atoms with E-state index in [4.69, 9.17) is 16.7 Å². The van der Waals surface area contributed by atoms with Gasteiger partial charge in [-0.3, -0.25) is 24.2 Å². The minimum atomic E-state index is -4.71. The zero-order valence-corrected chi connectivity index (χ0v) is 24.0. The van der Waals surface area contributed by atoms with Crippen molar-refractivity contribution in [2.24, 2.45) is 0 Å². The average molecular weight is 591 g/mol. The lowest BCUT2D eigenvalue weighted by atomic mass is 9.96. The molecule has 2 aliphatic heterocycles. The summed E-state index contributed by atoms with van der Waals surface area (Å²) in [4.78, 5) is 39.3. The van der Waals surface area contributed by atoms with Crippen LogP contribution in [0.5, 0.6) is 0 Å². The van der Waals surface area contributed by atoms with Gasteiger partial charge in [0.2, 0.25) is 0 Å². The Hall–Kier alpha value is -3.51. The van der Waals surface area contributed by atoms with E-state index in [-0.39, 0.29) is 30.1 Å². The van der Waals surface area contributed by atoms with E-state index in [1.807, 2.05) is 13.8 Å². The molecule has 1 N–H and O–H groups in total. The summed E-state index contributed by atoms with van der Waals surface area (Å²) in [6.07, 6.45) is -1.33. The van der Waals surface area contributed by atoms with Crippen LogP contribution in [0.3, 0.4) is 0 Å². The molecule has 41 heavy (non-hydrogen) atoms. The number of aliphatic hydroxyl groups is 1. The molecule has 3 aromatic rings. The summed E-state index contributed by atoms with van der Waals surface area (Å²) in [6, 6.07) is 2.13. The number of rotatable bonds is 4. The first-order chi connectivity index (χ1) is 19.1. The van der Waals surface area contributed by atoms with Gasteiger partial charge < -0.3 is 14.9 Å². The van der Waals surface area contributed by atoms with E-state index in [1.54, 1.807) is 36.5 Å². The van der Waals surface area contributed by atoms with Crippen molar-refractivity contribution >= 4 is 23.4 Å². The maximum atomic E-state index is 13.9. The van der Waals surface area contributed by atoms with Gasteiger partial charge in [0.15, 0.2) is 0 Å². The molecule has 0 radical (unpaired) electrons. The van der Waals surface area contributed by atoms with Crippen LogP contribution in [-0.4, -0.2) is 59.1 Å². The van der Waals surface area contributed by atoms with Gasteiger partial charge in [0.1, 0.15) is 11.3 Å². The molecule has 0 spiro atoms. The molecular formula is C28H30ClF3N6O3. The fourth-order valence-electron chi connectivity index (χ4n) is 5.37. The molecule has 0 bridgehead atoms. The van der Waals surface area contributed by atoms with Crippen molar-refractivity contribution in [1.82, 2.24) is 29.5 Å². The predicted octanol–water partition coefficient (Wildman–Crippen LogP) is 4.94. The summed E-state index contributed by atoms with van der Waals surface area (Å²) in [6.45, 7) is 9.19. The second kappa shape index (κ2) is 10.1. The lowest BCUT2D eigenvalue weighted by molar-refractivity contribution is -0.137. The standard InChI is InChI=1S/C28H30ClF3N6O3/c1-14-8-21-18(13-36(14)25(39)17-6-7-20(29)19(9-17)28(30,31)32)24-26(40)37(12-15(2)38(24)35-21)16(3)22-10-34-23(11-33-22)27(4,5)41/h6-7,9-11,14-16,41H,8,12-13H2,1-5H3/t14-,15-,16+/m1/s1. The number of carbonyl (C=O) groups excluding carboxylic acids is 2. The smallest absolute Gasteiger partial charge is 0.384 e. The topological polar surface area (TPSA) is 104 Å². The second-order valence-electron chi connectivity index (χ2n) is 11.3. The van der Waals surface area contributed by atoms with Crippen LogP contribution in [0.2, 0.25) is 5.02 Å². The maximum absolute atomic E-state index is 13.9. The third-order valence-electron chi connectivity index (χ3n) is 7.76. The number of benzene rings is 1. The van der Waals surface area contributed by atoms with Crippen LogP contribution in [0.25, 0.3) is 0 Å². The van der Waals surface area contributed by atoms with Crippen LogP contribution in [0.4, 0.5) is 13.2 Å². The Labute approximate surface area is 239 Å². The number of alkyl halides is 3. The van der Waals surface area contributed by atoms with Crippen molar-refractivity contribution in [2.75, 3.05) is 6.54 Å². The number of nitrogens with zero attached hydrogens (tertiary/aromatic N) is 6. The molecule has 5 rings (SSSR count). The van der Waals surface area contributed by atoms with E-state index in [0.29, 0.717) is 41.3 Å². The first kappa shape index (κ1) is 29.0. The lowest BCUT2D eigenvalue weighted by Gasteiger charge is -2.37. The first-order valence-corrected chi connectivity index (χ1v) is 13.6. The fraction of sp³-hybridized carbons (Fsp3) is 0.464. The molecule has 3 atom stereocenters. The molecule has 2 aromatic heterocycles. The minimum Gasteiger partial charge on any atom is -0.384 e. The third kappa shape index (κ3) is 5.19. The largest absolute Gasteiger partial charge is 0.417 e. The summed E-state index contributed by atoms with van der Waals surface area (Å²) < 4.78 is 42.0. The van der Waals surface area contributed by atoms with E-state index in [1.165, 1.54) is 17.2 Å². The number of aromatic nitrogens is 4. The Morgan fingerprint density at radius 1 is 1.15 bits per heavy atom. The van der Waals surface area contributed by atoms with Crippen LogP contribution < -0.4 is 0 Å². The normalized spacial score (nSPS) is 20.1. The molecule has 0 saturated heterocycles. The highest BCUT2D eigenvalue weighted by atomic mass is 35.5. The van der Waals surface area contributed by atoms with Crippen molar-refractivity contribution in [3.8, 4) is 0 Å². The molecule has 1 aromatic carbocycles. The van der Waals surface area contributed by atoms with Gasteiger partial charge in [-0.1, -0.05) is 11.6 Å². The van der Waals surface area contributed by atoms with E-state index < -0.39 is 34.3 Å². The first-order valence-electron chi connectivity index (χ1n) is 13.2. The molecule has 2 aliphatic rings. The molecule has 9 nitrogen and oxygen atoms in total. The minimum absolute atomic E-state index is 0.0232. The van der Waals surface area contributed by atoms with Gasteiger partial charge in [0.25, 0.3) is 11.8 Å². The molecule has 0 unspecified atom stereocenters. The summed E-state index contributed by atoms with van der Waals surface area (Å²) in [7, 11) is 0. The molecule has 0 saturated carbocycles. The van der Waals surface area contributed by atoms with Gasteiger partial charge in [-0.2, -0.15) is 18.3 Å². The van der Waals surface area contributed by atoms with Crippen LogP contribution in [-0.2, 0) is 24.7 Å². The van der Waals surface area contributed by atoms with Gasteiger partial charge >= 0.3 is 6.18 Å². The number of carbonyl (C=O) groups is 2. The van der Waals surface area contributed by atoms with E-state index >= 15 is 0 Å². The summed E-state index contributed by atoms with van der Waals surface area (Å²) in [5.74, 6) is -0.875. The van der Waals surface area contributed by atoms with E-state index in [0.717, 1.165) is 12.1 Å². The molecule has 2 amide bonds. The van der Waals surface area contributed by atoms with Gasteiger partial charge in [0, 0.05) is 30.1 Å². The van der Waals surface area contributed by atoms with Crippen LogP contribution in [0.15, 0.2) is 30.6 Å². The Morgan fingerprint density at radius 2 is 1.85 bits per heavy atom. The highest BCUT2D eigenvalue weighted by Crippen LogP contribution is 2.37. The number of halogens is 4. The summed E-state index contributed by atoms with van der Waals surface area (Å²) in [5.41, 5.74) is 0.202. The average Bonchev–Trinajstić information content (AvgIpc) is 3.27. The SMILES string of the molecule is C[C@@H]1Cc2nn3c(c2CN1C(=O)c1ccc(Cl)c(C(F)(F)F)c1)C(=O)N([C@@H](C)c1cnc(C(C)(C)O)cn1)C[C@H]3C. The Morgan fingerprint density at radius 3 is 2.46 bits per heavy atom. The second-order valence-corrected chi connectivity index (χ2v) is 11.7. The number of hydrogen-bond acceptors (Lipinski definition) is 6. The number of fused-ring (bicyclic) bond motifs is 3. The number of amides is 2. The third-order valence-corrected chi connectivity index (χ3v) is 8.09. The van der Waals surface area contributed by atoms with Crippen molar-refractivity contribution in [2.45, 2.75) is 77.5 Å². The molecule has 0 aliphatic carbocycles. The van der Waals surface area contributed by atoms with Gasteiger partial charge in [0.05, 0.1) is 58.7 Å². The van der Waals surface area contributed by atoms with Crippen molar-refractivity contribution in [1.29, 1.82) is 0 Å². The highest BCUT2D eigenvalue weighted by Gasteiger charge is 2.41. The van der Waals surface area contributed by atoms with Crippen LogP contribution in [0.1, 0.15) is 95.8 Å². The van der Waals surface area contributed by atoms with Crippen molar-refractivity contribution in [3.63, 3.8) is 0 Å². The van der Waals surface area contributed by atoms with E-state index in [2.05, 4.69) is 9.97 Å². The molecular weight excluding hydrogens is 561 g/mol. The molecule has 4 heterocycles. The van der Waals surface area contributed by atoms with Gasteiger partial charge in [-0.05, 0) is 52.8 Å².